The number of para-hydroxylation sites is 2. The average Bonchev–Trinajstić information content (AvgIpc) is 2.61. The van der Waals surface area contributed by atoms with E-state index in [2.05, 4.69) is 22.2 Å². The number of nitrogens with zero attached hydrogens (tertiary/aromatic N) is 2. The van der Waals surface area contributed by atoms with E-state index >= 15 is 0 Å². The quantitative estimate of drug-likeness (QED) is 0.775. The number of rotatable bonds is 8. The Hall–Kier alpha value is -1.83. The summed E-state index contributed by atoms with van der Waals surface area (Å²) in [5.41, 5.74) is 0.607. The van der Waals surface area contributed by atoms with Gasteiger partial charge >= 0.3 is 6.09 Å². The van der Waals surface area contributed by atoms with E-state index in [0.29, 0.717) is 24.7 Å². The van der Waals surface area contributed by atoms with Crippen molar-refractivity contribution in [3.63, 3.8) is 0 Å². The molecule has 1 fully saturated rings. The lowest BCUT2D eigenvalue weighted by atomic mass is 10.3. The zero-order valence-electron chi connectivity index (χ0n) is 15.4. The second-order valence-electron chi connectivity index (χ2n) is 6.12. The molecule has 1 heterocycles. The highest BCUT2D eigenvalue weighted by Crippen LogP contribution is 2.24. The molecule has 25 heavy (non-hydrogen) atoms. The van der Waals surface area contributed by atoms with Gasteiger partial charge in [0.25, 0.3) is 0 Å². The predicted octanol–water partition coefficient (Wildman–Crippen LogP) is 2.24. The van der Waals surface area contributed by atoms with Crippen molar-refractivity contribution < 1.29 is 19.0 Å². The Morgan fingerprint density at radius 2 is 1.96 bits per heavy atom. The first-order chi connectivity index (χ1) is 12.1. The lowest BCUT2D eigenvalue weighted by molar-refractivity contribution is -0.0658. The summed E-state index contributed by atoms with van der Waals surface area (Å²) in [5, 5.41) is 2.78. The van der Waals surface area contributed by atoms with E-state index in [4.69, 9.17) is 14.2 Å². The van der Waals surface area contributed by atoms with Gasteiger partial charge in [0.05, 0.1) is 18.9 Å². The van der Waals surface area contributed by atoms with E-state index in [0.717, 1.165) is 32.6 Å². The number of hydrogen-bond donors (Lipinski definition) is 1. The Labute approximate surface area is 149 Å². The molecule has 1 aromatic carbocycles. The number of carbonyl (C=O) groups is 1. The van der Waals surface area contributed by atoms with Crippen LogP contribution in [0.4, 0.5) is 10.5 Å². The molecule has 1 aliphatic heterocycles. The molecule has 0 saturated carbocycles. The van der Waals surface area contributed by atoms with Crippen LogP contribution >= 0.6 is 0 Å². The minimum atomic E-state index is -0.506. The summed E-state index contributed by atoms with van der Waals surface area (Å²) < 4.78 is 16.5. The number of benzene rings is 1. The van der Waals surface area contributed by atoms with Gasteiger partial charge in [0.15, 0.2) is 6.23 Å². The van der Waals surface area contributed by atoms with Crippen LogP contribution in [0.15, 0.2) is 24.3 Å². The lowest BCUT2D eigenvalue weighted by Gasteiger charge is -2.36. The van der Waals surface area contributed by atoms with Crippen molar-refractivity contribution in [1.82, 2.24) is 9.80 Å². The van der Waals surface area contributed by atoms with Gasteiger partial charge in [-0.2, -0.15) is 0 Å². The second kappa shape index (κ2) is 10.2. The zero-order chi connectivity index (χ0) is 18.1. The van der Waals surface area contributed by atoms with Crippen LogP contribution < -0.4 is 10.1 Å². The van der Waals surface area contributed by atoms with Crippen molar-refractivity contribution in [2.75, 3.05) is 58.9 Å². The van der Waals surface area contributed by atoms with Gasteiger partial charge in [-0.3, -0.25) is 10.2 Å². The number of anilines is 1. The van der Waals surface area contributed by atoms with Gasteiger partial charge in [0, 0.05) is 33.3 Å². The van der Waals surface area contributed by atoms with Crippen LogP contribution in [-0.4, -0.2) is 75.7 Å². The Morgan fingerprint density at radius 3 is 2.64 bits per heavy atom. The topological polar surface area (TPSA) is 63.3 Å². The number of carbonyl (C=O) groups excluding carboxylic acids is 1. The fraction of sp³-hybridized carbons (Fsp3) is 0.611. The third kappa shape index (κ3) is 6.19. The zero-order valence-corrected chi connectivity index (χ0v) is 15.4. The maximum absolute atomic E-state index is 12.3. The molecule has 0 aromatic heterocycles. The lowest BCUT2D eigenvalue weighted by Crippen LogP contribution is -2.52. The van der Waals surface area contributed by atoms with Gasteiger partial charge in [-0.05, 0) is 25.6 Å². The fourth-order valence-corrected chi connectivity index (χ4v) is 2.64. The van der Waals surface area contributed by atoms with Crippen LogP contribution in [0.3, 0.4) is 0 Å². The van der Waals surface area contributed by atoms with E-state index < -0.39 is 12.3 Å². The number of hydrogen-bond acceptors (Lipinski definition) is 6. The van der Waals surface area contributed by atoms with Gasteiger partial charge in [-0.15, -0.1) is 0 Å². The molecule has 1 saturated heterocycles. The van der Waals surface area contributed by atoms with Gasteiger partial charge < -0.3 is 19.1 Å². The van der Waals surface area contributed by atoms with E-state index in [1.807, 2.05) is 25.1 Å². The molecule has 1 N–H and O–H groups in total. The molecule has 1 aliphatic rings. The van der Waals surface area contributed by atoms with Gasteiger partial charge in [0.1, 0.15) is 5.75 Å². The fourth-order valence-electron chi connectivity index (χ4n) is 2.64. The van der Waals surface area contributed by atoms with Crippen molar-refractivity contribution in [3.8, 4) is 5.75 Å². The van der Waals surface area contributed by atoms with Crippen molar-refractivity contribution >= 4 is 11.8 Å². The van der Waals surface area contributed by atoms with Crippen molar-refractivity contribution in [3.05, 3.63) is 24.3 Å². The van der Waals surface area contributed by atoms with Crippen molar-refractivity contribution in [2.45, 2.75) is 19.6 Å². The normalized spacial score (nSPS) is 17.1. The molecular weight excluding hydrogens is 322 g/mol. The van der Waals surface area contributed by atoms with Crippen LogP contribution in [0, 0.1) is 0 Å². The molecule has 1 unspecified atom stereocenters. The monoisotopic (exact) mass is 351 g/mol. The molecule has 1 atom stereocenters. The first-order valence-corrected chi connectivity index (χ1v) is 8.75. The molecule has 0 radical (unpaired) electrons. The third-order valence-electron chi connectivity index (χ3n) is 4.08. The van der Waals surface area contributed by atoms with Gasteiger partial charge in [-0.25, -0.2) is 4.79 Å². The molecule has 140 valence electrons. The Bertz CT molecular complexity index is 533. The smallest absolute Gasteiger partial charge is 0.413 e. The maximum atomic E-state index is 12.3. The number of piperazine rings is 1. The Morgan fingerprint density at radius 1 is 1.24 bits per heavy atom. The van der Waals surface area contributed by atoms with Crippen molar-refractivity contribution in [2.24, 2.45) is 0 Å². The van der Waals surface area contributed by atoms with Gasteiger partial charge in [-0.1, -0.05) is 19.1 Å². The van der Waals surface area contributed by atoms with Gasteiger partial charge in [0.2, 0.25) is 0 Å². The van der Waals surface area contributed by atoms with Crippen LogP contribution in [0.5, 0.6) is 5.75 Å². The minimum absolute atomic E-state index is 0.338. The van der Waals surface area contributed by atoms with Crippen LogP contribution in [0.25, 0.3) is 0 Å². The SMILES string of the molecule is CCCOc1ccccc1NC(=O)OC(COC)N1CCN(C)CC1. The summed E-state index contributed by atoms with van der Waals surface area (Å²) in [5.74, 6) is 0.643. The van der Waals surface area contributed by atoms with E-state index in [1.54, 1.807) is 13.2 Å². The summed E-state index contributed by atoms with van der Waals surface area (Å²) >= 11 is 0. The van der Waals surface area contributed by atoms with Crippen LogP contribution in [-0.2, 0) is 9.47 Å². The van der Waals surface area contributed by atoms with E-state index in [9.17, 15) is 4.79 Å². The molecule has 7 nitrogen and oxygen atoms in total. The molecule has 2 rings (SSSR count). The first kappa shape index (κ1) is 19.5. The maximum Gasteiger partial charge on any atom is 0.413 e. The third-order valence-corrected chi connectivity index (χ3v) is 4.08. The number of likely N-dealkylation sites (N-methyl/N-ethyl adjacent to an activating group) is 1. The highest BCUT2D eigenvalue weighted by molar-refractivity contribution is 5.86. The predicted molar refractivity (Wildman–Crippen MR) is 97.1 cm³/mol. The summed E-state index contributed by atoms with van der Waals surface area (Å²) in [6.07, 6.45) is -0.00564. The van der Waals surface area contributed by atoms with E-state index in [-0.39, 0.29) is 0 Å². The second-order valence-corrected chi connectivity index (χ2v) is 6.12. The Kier molecular flexibility index (Phi) is 7.97. The minimum Gasteiger partial charge on any atom is -0.491 e. The molecular formula is C18H29N3O4. The summed E-state index contributed by atoms with van der Waals surface area (Å²) in [4.78, 5) is 16.7. The van der Waals surface area contributed by atoms with E-state index in [1.165, 1.54) is 0 Å². The number of amides is 1. The molecule has 1 aromatic rings. The number of methoxy groups -OCH3 is 1. The highest BCUT2D eigenvalue weighted by Gasteiger charge is 2.25. The molecule has 7 heteroatoms. The average molecular weight is 351 g/mol. The summed E-state index contributed by atoms with van der Waals surface area (Å²) in [6, 6.07) is 7.35. The largest absolute Gasteiger partial charge is 0.491 e. The highest BCUT2D eigenvalue weighted by atomic mass is 16.6. The van der Waals surface area contributed by atoms with Crippen LogP contribution in [0.2, 0.25) is 0 Å². The standard InChI is InChI=1S/C18H29N3O4/c1-4-13-24-16-8-6-5-7-15(16)19-18(22)25-17(14-23-3)21-11-9-20(2)10-12-21/h5-8,17H,4,9-14H2,1-3H3,(H,19,22). The molecule has 0 bridgehead atoms. The molecule has 1 amide bonds. The van der Waals surface area contributed by atoms with Crippen LogP contribution in [0.1, 0.15) is 13.3 Å². The Balaban J connectivity index is 1.95. The number of nitrogens with one attached hydrogen (secondary N) is 1. The number of ether oxygens (including phenoxy) is 3. The summed E-state index contributed by atoms with van der Waals surface area (Å²) in [7, 11) is 3.70. The molecule has 0 spiro atoms. The van der Waals surface area contributed by atoms with Crippen molar-refractivity contribution in [1.29, 1.82) is 0 Å². The summed E-state index contributed by atoms with van der Waals surface area (Å²) in [6.45, 7) is 6.54. The molecule has 0 aliphatic carbocycles. The first-order valence-electron chi connectivity index (χ1n) is 8.75.